The van der Waals surface area contributed by atoms with Crippen molar-refractivity contribution in [1.82, 2.24) is 9.55 Å². The van der Waals surface area contributed by atoms with E-state index >= 15 is 0 Å². The molecule has 0 atom stereocenters. The predicted molar refractivity (Wildman–Crippen MR) is 74.6 cm³/mol. The van der Waals surface area contributed by atoms with Gasteiger partial charge in [-0.2, -0.15) is 0 Å². The summed E-state index contributed by atoms with van der Waals surface area (Å²) in [6.45, 7) is 4.58. The number of rotatable bonds is 3. The zero-order valence-corrected chi connectivity index (χ0v) is 11.8. The molecular weight excluding hydrogens is 273 g/mol. The minimum absolute atomic E-state index is 0.132. The fourth-order valence-corrected chi connectivity index (χ4v) is 2.68. The first-order valence-corrected chi connectivity index (χ1v) is 6.69. The number of aryl methyl sites for hydroxylation is 2. The van der Waals surface area contributed by atoms with Crippen molar-refractivity contribution in [3.63, 3.8) is 0 Å². The van der Waals surface area contributed by atoms with Crippen LogP contribution in [-0.4, -0.2) is 21.2 Å². The standard InChI is InChI=1S/C15H14FN3O2/c1-3-18-5-4-17-12(18)8-19-13-9(2)6-10(16)7-11(13)14(20)15(19)21/h4-7H,3,8H2,1-2H3. The van der Waals surface area contributed by atoms with Gasteiger partial charge in [0.25, 0.3) is 11.7 Å². The lowest BCUT2D eigenvalue weighted by Crippen LogP contribution is -2.30. The second kappa shape index (κ2) is 4.80. The molecule has 6 heteroatoms. The van der Waals surface area contributed by atoms with Gasteiger partial charge in [0.2, 0.25) is 0 Å². The number of nitrogens with zero attached hydrogens (tertiary/aromatic N) is 3. The molecule has 0 saturated carbocycles. The van der Waals surface area contributed by atoms with Crippen LogP contribution in [0.5, 0.6) is 0 Å². The Morgan fingerprint density at radius 2 is 2.05 bits per heavy atom. The molecule has 1 aliphatic rings. The highest BCUT2D eigenvalue weighted by molar-refractivity contribution is 6.52. The second-order valence-electron chi connectivity index (χ2n) is 4.97. The van der Waals surface area contributed by atoms with Gasteiger partial charge in [-0.25, -0.2) is 9.37 Å². The topological polar surface area (TPSA) is 55.2 Å². The van der Waals surface area contributed by atoms with Crippen LogP contribution < -0.4 is 4.90 Å². The number of anilines is 1. The van der Waals surface area contributed by atoms with E-state index in [0.29, 0.717) is 17.1 Å². The van der Waals surface area contributed by atoms with Gasteiger partial charge in [-0.3, -0.25) is 14.5 Å². The molecule has 5 nitrogen and oxygen atoms in total. The van der Waals surface area contributed by atoms with Gasteiger partial charge in [0.1, 0.15) is 11.6 Å². The quantitative estimate of drug-likeness (QED) is 0.812. The van der Waals surface area contributed by atoms with Crippen molar-refractivity contribution in [2.45, 2.75) is 26.9 Å². The maximum atomic E-state index is 13.4. The van der Waals surface area contributed by atoms with E-state index < -0.39 is 17.5 Å². The maximum Gasteiger partial charge on any atom is 0.299 e. The highest BCUT2D eigenvalue weighted by Crippen LogP contribution is 2.34. The minimum Gasteiger partial charge on any atom is -0.334 e. The van der Waals surface area contributed by atoms with Crippen LogP contribution in [0, 0.1) is 12.7 Å². The van der Waals surface area contributed by atoms with Crippen molar-refractivity contribution in [1.29, 1.82) is 0 Å². The number of Topliss-reactive ketones (excluding diaryl/α,β-unsaturated/α-hetero) is 1. The summed E-state index contributed by atoms with van der Waals surface area (Å²) < 4.78 is 15.3. The molecule has 0 radical (unpaired) electrons. The summed E-state index contributed by atoms with van der Waals surface area (Å²) in [7, 11) is 0. The molecule has 1 aromatic carbocycles. The zero-order chi connectivity index (χ0) is 15.1. The highest BCUT2D eigenvalue weighted by atomic mass is 19.1. The number of halogens is 1. The Morgan fingerprint density at radius 1 is 1.29 bits per heavy atom. The summed E-state index contributed by atoms with van der Waals surface area (Å²) in [5.41, 5.74) is 1.18. The number of amides is 1. The number of carbonyl (C=O) groups is 2. The Morgan fingerprint density at radius 3 is 2.76 bits per heavy atom. The lowest BCUT2D eigenvalue weighted by Gasteiger charge is -2.18. The number of fused-ring (bicyclic) bond motifs is 1. The van der Waals surface area contributed by atoms with Crippen LogP contribution in [0.15, 0.2) is 24.5 Å². The molecule has 0 spiro atoms. The Bertz CT molecular complexity index is 751. The van der Waals surface area contributed by atoms with Crippen molar-refractivity contribution in [2.75, 3.05) is 4.90 Å². The van der Waals surface area contributed by atoms with E-state index in [1.54, 1.807) is 13.1 Å². The van der Waals surface area contributed by atoms with E-state index in [4.69, 9.17) is 0 Å². The third-order valence-electron chi connectivity index (χ3n) is 3.66. The maximum absolute atomic E-state index is 13.4. The molecule has 2 heterocycles. The van der Waals surface area contributed by atoms with Crippen LogP contribution in [0.2, 0.25) is 0 Å². The van der Waals surface area contributed by atoms with Gasteiger partial charge >= 0.3 is 0 Å². The number of aromatic nitrogens is 2. The number of benzene rings is 1. The van der Waals surface area contributed by atoms with Crippen LogP contribution in [-0.2, 0) is 17.9 Å². The van der Waals surface area contributed by atoms with Crippen molar-refractivity contribution >= 4 is 17.4 Å². The van der Waals surface area contributed by atoms with Crippen molar-refractivity contribution in [3.8, 4) is 0 Å². The van der Waals surface area contributed by atoms with E-state index in [1.807, 2.05) is 17.7 Å². The SMILES string of the molecule is CCn1ccnc1CN1C(=O)C(=O)c2cc(F)cc(C)c21. The Hall–Kier alpha value is -2.50. The third kappa shape index (κ3) is 2.03. The summed E-state index contributed by atoms with van der Waals surface area (Å²) in [4.78, 5) is 29.8. The van der Waals surface area contributed by atoms with E-state index in [2.05, 4.69) is 4.98 Å². The van der Waals surface area contributed by atoms with Gasteiger partial charge < -0.3 is 4.57 Å². The van der Waals surface area contributed by atoms with Crippen LogP contribution in [0.25, 0.3) is 0 Å². The predicted octanol–water partition coefficient (Wildman–Crippen LogP) is 2.08. The number of carbonyl (C=O) groups excluding carboxylic acids is 2. The van der Waals surface area contributed by atoms with E-state index in [-0.39, 0.29) is 12.1 Å². The van der Waals surface area contributed by atoms with Crippen LogP contribution in [0.3, 0.4) is 0 Å². The van der Waals surface area contributed by atoms with E-state index in [1.165, 1.54) is 11.0 Å². The molecule has 0 fully saturated rings. The smallest absolute Gasteiger partial charge is 0.299 e. The molecule has 1 aromatic heterocycles. The Balaban J connectivity index is 2.06. The van der Waals surface area contributed by atoms with Crippen molar-refractivity contribution in [3.05, 3.63) is 47.3 Å². The monoisotopic (exact) mass is 287 g/mol. The van der Waals surface area contributed by atoms with Gasteiger partial charge in [0.05, 0.1) is 17.8 Å². The van der Waals surface area contributed by atoms with Gasteiger partial charge in [-0.15, -0.1) is 0 Å². The van der Waals surface area contributed by atoms with Gasteiger partial charge in [0.15, 0.2) is 0 Å². The molecule has 0 unspecified atom stereocenters. The minimum atomic E-state index is -0.665. The fraction of sp³-hybridized carbons (Fsp3) is 0.267. The first-order valence-electron chi connectivity index (χ1n) is 6.69. The van der Waals surface area contributed by atoms with Crippen molar-refractivity contribution in [2.24, 2.45) is 0 Å². The van der Waals surface area contributed by atoms with E-state index in [0.717, 1.165) is 12.6 Å². The average Bonchev–Trinajstić information content (AvgIpc) is 2.98. The summed E-state index contributed by atoms with van der Waals surface area (Å²) in [5, 5.41) is 0. The lowest BCUT2D eigenvalue weighted by molar-refractivity contribution is -0.114. The second-order valence-corrected chi connectivity index (χ2v) is 4.97. The van der Waals surface area contributed by atoms with Crippen LogP contribution in [0.4, 0.5) is 10.1 Å². The van der Waals surface area contributed by atoms with Gasteiger partial charge in [-0.1, -0.05) is 0 Å². The number of hydrogen-bond acceptors (Lipinski definition) is 3. The molecule has 0 saturated heterocycles. The first kappa shape index (κ1) is 13.5. The number of imidazole rings is 1. The molecule has 2 aromatic rings. The van der Waals surface area contributed by atoms with Crippen LogP contribution >= 0.6 is 0 Å². The molecule has 108 valence electrons. The number of ketones is 1. The normalized spacial score (nSPS) is 14.0. The summed E-state index contributed by atoms with van der Waals surface area (Å²) >= 11 is 0. The molecule has 1 amide bonds. The van der Waals surface area contributed by atoms with E-state index in [9.17, 15) is 14.0 Å². The highest BCUT2D eigenvalue weighted by Gasteiger charge is 2.38. The number of hydrogen-bond donors (Lipinski definition) is 0. The van der Waals surface area contributed by atoms with Crippen LogP contribution in [0.1, 0.15) is 28.7 Å². The molecule has 1 aliphatic heterocycles. The Kier molecular flexibility index (Phi) is 3.08. The molecule has 3 rings (SSSR count). The summed E-state index contributed by atoms with van der Waals surface area (Å²) in [6.07, 6.45) is 3.47. The molecule has 21 heavy (non-hydrogen) atoms. The van der Waals surface area contributed by atoms with Gasteiger partial charge in [-0.05, 0) is 31.5 Å². The molecule has 0 N–H and O–H groups in total. The zero-order valence-electron chi connectivity index (χ0n) is 11.8. The van der Waals surface area contributed by atoms with Gasteiger partial charge in [0, 0.05) is 18.9 Å². The molecule has 0 aliphatic carbocycles. The fourth-order valence-electron chi connectivity index (χ4n) is 2.68. The largest absolute Gasteiger partial charge is 0.334 e. The molecule has 0 bridgehead atoms. The Labute approximate surface area is 121 Å². The molecular formula is C15H14FN3O2. The lowest BCUT2D eigenvalue weighted by atomic mass is 10.1. The van der Waals surface area contributed by atoms with Crippen molar-refractivity contribution < 1.29 is 14.0 Å². The third-order valence-corrected chi connectivity index (χ3v) is 3.66. The average molecular weight is 287 g/mol. The first-order chi connectivity index (χ1) is 10.0. The summed E-state index contributed by atoms with van der Waals surface area (Å²) in [6, 6.07) is 2.44. The summed E-state index contributed by atoms with van der Waals surface area (Å²) in [5.74, 6) is -1.12.